The van der Waals surface area contributed by atoms with Gasteiger partial charge < -0.3 is 18.9 Å². The first-order valence-electron chi connectivity index (χ1n) is 5.99. The van der Waals surface area contributed by atoms with Crippen molar-refractivity contribution in [3.63, 3.8) is 0 Å². The van der Waals surface area contributed by atoms with E-state index in [0.717, 1.165) is 25.4 Å². The Labute approximate surface area is 105 Å². The van der Waals surface area contributed by atoms with Crippen molar-refractivity contribution < 1.29 is 28.5 Å². The fourth-order valence-corrected chi connectivity index (χ4v) is 1.28. The largest absolute Gasteiger partial charge is 0.462 e. The number of carbonyl (C=O) groups excluding carboxylic acids is 2. The molecule has 6 nitrogen and oxygen atoms in total. The summed E-state index contributed by atoms with van der Waals surface area (Å²) in [7, 11) is 0. The molecule has 0 saturated carbocycles. The molecule has 0 aliphatic carbocycles. The van der Waals surface area contributed by atoms with Gasteiger partial charge in [0.05, 0.1) is 38.6 Å². The lowest BCUT2D eigenvalue weighted by molar-refractivity contribution is -0.140. The molecule has 0 aromatic heterocycles. The van der Waals surface area contributed by atoms with Gasteiger partial charge in [0, 0.05) is 25.0 Å². The van der Waals surface area contributed by atoms with Crippen LogP contribution in [-0.4, -0.2) is 50.6 Å². The van der Waals surface area contributed by atoms with Crippen molar-refractivity contribution in [3.8, 4) is 0 Å². The number of hydrogen-bond acceptors (Lipinski definition) is 6. The highest BCUT2D eigenvalue weighted by molar-refractivity contribution is 5.91. The molecule has 0 aromatic rings. The van der Waals surface area contributed by atoms with Crippen molar-refractivity contribution in [3.05, 3.63) is 12.2 Å². The van der Waals surface area contributed by atoms with E-state index in [1.165, 1.54) is 0 Å². The molecule has 2 heterocycles. The highest BCUT2D eigenvalue weighted by Crippen LogP contribution is 2.13. The summed E-state index contributed by atoms with van der Waals surface area (Å²) in [5.41, 5.74) is 0. The van der Waals surface area contributed by atoms with Gasteiger partial charge in [-0.05, 0) is 0 Å². The van der Waals surface area contributed by atoms with E-state index < -0.39 is 11.9 Å². The Kier molecular flexibility index (Phi) is 4.72. The van der Waals surface area contributed by atoms with Crippen LogP contribution < -0.4 is 0 Å². The van der Waals surface area contributed by atoms with Crippen molar-refractivity contribution in [2.24, 2.45) is 0 Å². The summed E-state index contributed by atoms with van der Waals surface area (Å²) in [4.78, 5) is 22.3. The Morgan fingerprint density at radius 1 is 0.944 bits per heavy atom. The van der Waals surface area contributed by atoms with E-state index in [0.29, 0.717) is 26.1 Å². The molecule has 100 valence electrons. The zero-order valence-corrected chi connectivity index (χ0v) is 10.0. The molecule has 2 rings (SSSR count). The third-order valence-corrected chi connectivity index (χ3v) is 2.53. The van der Waals surface area contributed by atoms with Gasteiger partial charge in [0.1, 0.15) is 0 Å². The van der Waals surface area contributed by atoms with E-state index in [-0.39, 0.29) is 12.2 Å². The smallest absolute Gasteiger partial charge is 0.331 e. The highest BCUT2D eigenvalue weighted by Gasteiger charge is 2.22. The van der Waals surface area contributed by atoms with Gasteiger partial charge in [0.2, 0.25) is 0 Å². The molecule has 2 aliphatic rings. The van der Waals surface area contributed by atoms with Gasteiger partial charge in [-0.15, -0.1) is 0 Å². The number of epoxide rings is 2. The van der Waals surface area contributed by atoms with E-state index in [1.54, 1.807) is 0 Å². The lowest BCUT2D eigenvalue weighted by Gasteiger charge is -2.00. The van der Waals surface area contributed by atoms with Gasteiger partial charge in [-0.3, -0.25) is 0 Å². The molecule has 2 aliphatic heterocycles. The summed E-state index contributed by atoms with van der Waals surface area (Å²) in [6.07, 6.45) is 4.01. The molecular formula is C12H16O6. The molecule has 2 unspecified atom stereocenters. The first kappa shape index (κ1) is 13.0. The van der Waals surface area contributed by atoms with Crippen LogP contribution in [-0.2, 0) is 28.5 Å². The fraction of sp³-hybridized carbons (Fsp3) is 0.667. The molecule has 6 heteroatoms. The van der Waals surface area contributed by atoms with Crippen LogP contribution >= 0.6 is 0 Å². The Balaban J connectivity index is 1.49. The van der Waals surface area contributed by atoms with Gasteiger partial charge in [0.15, 0.2) is 0 Å². The molecular weight excluding hydrogens is 240 g/mol. The van der Waals surface area contributed by atoms with Crippen LogP contribution in [0.5, 0.6) is 0 Å². The second-order valence-electron chi connectivity index (χ2n) is 4.16. The molecule has 18 heavy (non-hydrogen) atoms. The molecule has 2 atom stereocenters. The third-order valence-electron chi connectivity index (χ3n) is 2.53. The minimum atomic E-state index is -0.543. The first-order chi connectivity index (χ1) is 8.74. The number of rotatable bonds is 8. The summed E-state index contributed by atoms with van der Waals surface area (Å²) in [5, 5.41) is 0. The predicted octanol–water partition coefficient (Wildman–Crippen LogP) is 0.207. The standard InChI is InChI=1S/C12H16O6/c13-11(15-5-3-9-7-17-9)1-2-12(14)16-6-4-10-8-18-10/h1-2,9-10H,3-8H2/b2-1-. The predicted molar refractivity (Wildman–Crippen MR) is 59.8 cm³/mol. The Morgan fingerprint density at radius 3 is 1.67 bits per heavy atom. The number of carbonyl (C=O) groups is 2. The maximum Gasteiger partial charge on any atom is 0.331 e. The third kappa shape index (κ3) is 5.79. The SMILES string of the molecule is O=C(/C=C\C(=O)OCCC1CO1)OCCC1CO1. The molecule has 0 amide bonds. The first-order valence-corrected chi connectivity index (χ1v) is 5.99. The van der Waals surface area contributed by atoms with Gasteiger partial charge in [-0.1, -0.05) is 0 Å². The van der Waals surface area contributed by atoms with Gasteiger partial charge >= 0.3 is 11.9 Å². The second kappa shape index (κ2) is 6.51. The number of esters is 2. The van der Waals surface area contributed by atoms with E-state index >= 15 is 0 Å². The number of hydrogen-bond donors (Lipinski definition) is 0. The molecule has 2 fully saturated rings. The topological polar surface area (TPSA) is 77.7 Å². The van der Waals surface area contributed by atoms with Gasteiger partial charge in [-0.2, -0.15) is 0 Å². The maximum absolute atomic E-state index is 11.2. The zero-order chi connectivity index (χ0) is 12.8. The molecule has 0 bridgehead atoms. The lowest BCUT2D eigenvalue weighted by Crippen LogP contribution is -2.07. The summed E-state index contributed by atoms with van der Waals surface area (Å²) < 4.78 is 19.7. The van der Waals surface area contributed by atoms with Crippen molar-refractivity contribution in [2.45, 2.75) is 25.0 Å². The minimum Gasteiger partial charge on any atom is -0.462 e. The van der Waals surface area contributed by atoms with E-state index in [1.807, 2.05) is 0 Å². The Morgan fingerprint density at radius 2 is 1.33 bits per heavy atom. The monoisotopic (exact) mass is 256 g/mol. The van der Waals surface area contributed by atoms with Crippen molar-refractivity contribution in [1.82, 2.24) is 0 Å². The average molecular weight is 256 g/mol. The van der Waals surface area contributed by atoms with Crippen molar-refractivity contribution in [2.75, 3.05) is 26.4 Å². The zero-order valence-electron chi connectivity index (χ0n) is 10.0. The van der Waals surface area contributed by atoms with E-state index in [2.05, 4.69) is 0 Å². The molecule has 0 radical (unpaired) electrons. The lowest BCUT2D eigenvalue weighted by atomic mass is 10.3. The molecule has 0 N–H and O–H groups in total. The van der Waals surface area contributed by atoms with Crippen LogP contribution in [0.15, 0.2) is 12.2 Å². The van der Waals surface area contributed by atoms with Gasteiger partial charge in [0.25, 0.3) is 0 Å². The molecule has 2 saturated heterocycles. The quantitative estimate of drug-likeness (QED) is 0.351. The average Bonchev–Trinajstić information content (AvgIpc) is 3.20. The summed E-state index contributed by atoms with van der Waals surface area (Å²) in [6.45, 7) is 2.10. The summed E-state index contributed by atoms with van der Waals surface area (Å²) in [6, 6.07) is 0. The van der Waals surface area contributed by atoms with Crippen LogP contribution in [0.1, 0.15) is 12.8 Å². The summed E-state index contributed by atoms with van der Waals surface area (Å²) >= 11 is 0. The van der Waals surface area contributed by atoms with Crippen molar-refractivity contribution in [1.29, 1.82) is 0 Å². The highest BCUT2D eigenvalue weighted by atomic mass is 16.6. The van der Waals surface area contributed by atoms with Gasteiger partial charge in [-0.25, -0.2) is 9.59 Å². The van der Waals surface area contributed by atoms with Crippen LogP contribution in [0.2, 0.25) is 0 Å². The normalized spacial score (nSPS) is 24.9. The van der Waals surface area contributed by atoms with E-state index in [9.17, 15) is 9.59 Å². The fourth-order valence-electron chi connectivity index (χ4n) is 1.28. The van der Waals surface area contributed by atoms with Crippen LogP contribution in [0.4, 0.5) is 0 Å². The molecule has 0 aromatic carbocycles. The second-order valence-corrected chi connectivity index (χ2v) is 4.16. The Hall–Kier alpha value is -1.40. The summed E-state index contributed by atoms with van der Waals surface area (Å²) in [5.74, 6) is -1.09. The Bertz CT molecular complexity index is 297. The number of ether oxygens (including phenoxy) is 4. The minimum absolute atomic E-state index is 0.233. The van der Waals surface area contributed by atoms with Crippen LogP contribution in [0, 0.1) is 0 Å². The van der Waals surface area contributed by atoms with Crippen LogP contribution in [0.3, 0.4) is 0 Å². The van der Waals surface area contributed by atoms with Crippen molar-refractivity contribution >= 4 is 11.9 Å². The maximum atomic E-state index is 11.2. The van der Waals surface area contributed by atoms with Crippen LogP contribution in [0.25, 0.3) is 0 Å². The molecule has 0 spiro atoms. The van der Waals surface area contributed by atoms with E-state index in [4.69, 9.17) is 18.9 Å².